The highest BCUT2D eigenvalue weighted by molar-refractivity contribution is 5.95. The van der Waals surface area contributed by atoms with Crippen molar-refractivity contribution in [2.75, 3.05) is 39.2 Å². The third-order valence-electron chi connectivity index (χ3n) is 4.02. The van der Waals surface area contributed by atoms with Gasteiger partial charge in [-0.3, -0.25) is 4.79 Å². The lowest BCUT2D eigenvalue weighted by Gasteiger charge is -2.25. The Morgan fingerprint density at radius 1 is 1.29 bits per heavy atom. The molecule has 21 heavy (non-hydrogen) atoms. The minimum atomic E-state index is 0.0782. The van der Waals surface area contributed by atoms with Crippen LogP contribution in [0.3, 0.4) is 0 Å². The normalized spacial score (nSPS) is 18.3. The summed E-state index contributed by atoms with van der Waals surface area (Å²) in [5, 5.41) is 0. The molecule has 1 amide bonds. The molecule has 1 fully saturated rings. The van der Waals surface area contributed by atoms with Gasteiger partial charge in [-0.05, 0) is 43.9 Å². The molecule has 1 unspecified atom stereocenters. The predicted molar refractivity (Wildman–Crippen MR) is 85.9 cm³/mol. The number of amides is 1. The van der Waals surface area contributed by atoms with Gasteiger partial charge in [0.05, 0.1) is 6.10 Å². The third kappa shape index (κ3) is 4.46. The largest absolute Gasteiger partial charge is 0.378 e. The lowest BCUT2D eigenvalue weighted by Crippen LogP contribution is -2.31. The molecule has 1 saturated heterocycles. The number of nitrogens with zero attached hydrogens (tertiary/aromatic N) is 2. The minimum Gasteiger partial charge on any atom is -0.378 e. The maximum atomic E-state index is 12.5. The molecule has 4 heteroatoms. The molecule has 116 valence electrons. The van der Waals surface area contributed by atoms with E-state index < -0.39 is 0 Å². The summed E-state index contributed by atoms with van der Waals surface area (Å²) < 4.78 is 5.72. The highest BCUT2D eigenvalue weighted by Crippen LogP contribution is 2.17. The number of carbonyl (C=O) groups excluding carboxylic acids is 1. The maximum Gasteiger partial charge on any atom is 0.253 e. The predicted octanol–water partition coefficient (Wildman–Crippen LogP) is 2.78. The van der Waals surface area contributed by atoms with Gasteiger partial charge in [0.1, 0.15) is 0 Å². The SMILES string of the molecule is CN(CCC1CCCCO1)C(=O)c1cccc(N(C)C)c1. The van der Waals surface area contributed by atoms with E-state index >= 15 is 0 Å². The first kappa shape index (κ1) is 15.8. The van der Waals surface area contributed by atoms with E-state index in [1.807, 2.05) is 50.3 Å². The van der Waals surface area contributed by atoms with Crippen LogP contribution in [0.4, 0.5) is 5.69 Å². The number of carbonyl (C=O) groups is 1. The fraction of sp³-hybridized carbons (Fsp3) is 0.588. The summed E-state index contributed by atoms with van der Waals surface area (Å²) in [5.41, 5.74) is 1.79. The number of hydrogen-bond donors (Lipinski definition) is 0. The van der Waals surface area contributed by atoms with Crippen LogP contribution in [0.15, 0.2) is 24.3 Å². The Labute approximate surface area is 127 Å². The van der Waals surface area contributed by atoms with Crippen LogP contribution in [0.1, 0.15) is 36.0 Å². The summed E-state index contributed by atoms with van der Waals surface area (Å²) >= 11 is 0. The smallest absolute Gasteiger partial charge is 0.253 e. The van der Waals surface area contributed by atoms with Crippen LogP contribution in [0.5, 0.6) is 0 Å². The summed E-state index contributed by atoms with van der Waals surface area (Å²) in [7, 11) is 5.83. The third-order valence-corrected chi connectivity index (χ3v) is 4.02. The lowest BCUT2D eigenvalue weighted by atomic mass is 10.1. The van der Waals surface area contributed by atoms with E-state index in [0.29, 0.717) is 6.10 Å². The van der Waals surface area contributed by atoms with Crippen LogP contribution in [0.25, 0.3) is 0 Å². The molecule has 1 aliphatic rings. The zero-order valence-corrected chi connectivity index (χ0v) is 13.3. The van der Waals surface area contributed by atoms with Crippen molar-refractivity contribution >= 4 is 11.6 Å². The molecule has 0 aromatic heterocycles. The van der Waals surface area contributed by atoms with E-state index in [1.165, 1.54) is 12.8 Å². The maximum absolute atomic E-state index is 12.5. The molecule has 1 aromatic carbocycles. The van der Waals surface area contributed by atoms with Crippen LogP contribution >= 0.6 is 0 Å². The van der Waals surface area contributed by atoms with Crippen LogP contribution in [0, 0.1) is 0 Å². The molecule has 0 bridgehead atoms. The van der Waals surface area contributed by atoms with Crippen molar-refractivity contribution in [2.24, 2.45) is 0 Å². The monoisotopic (exact) mass is 290 g/mol. The van der Waals surface area contributed by atoms with E-state index in [1.54, 1.807) is 4.90 Å². The van der Waals surface area contributed by atoms with Gasteiger partial charge in [0, 0.05) is 45.5 Å². The molecule has 1 heterocycles. The molecule has 1 atom stereocenters. The van der Waals surface area contributed by atoms with Crippen LogP contribution in [-0.4, -0.2) is 51.2 Å². The van der Waals surface area contributed by atoms with Gasteiger partial charge < -0.3 is 14.5 Å². The summed E-state index contributed by atoms with van der Waals surface area (Å²) in [4.78, 5) is 16.3. The van der Waals surface area contributed by atoms with Crippen molar-refractivity contribution < 1.29 is 9.53 Å². The molecule has 1 aromatic rings. The van der Waals surface area contributed by atoms with Crippen LogP contribution in [0.2, 0.25) is 0 Å². The summed E-state index contributed by atoms with van der Waals surface area (Å²) in [6.07, 6.45) is 4.78. The van der Waals surface area contributed by atoms with Crippen molar-refractivity contribution in [1.29, 1.82) is 0 Å². The second-order valence-electron chi connectivity index (χ2n) is 5.95. The van der Waals surface area contributed by atoms with Gasteiger partial charge in [0.25, 0.3) is 5.91 Å². The summed E-state index contributed by atoms with van der Waals surface area (Å²) in [6, 6.07) is 7.76. The molecule has 0 aliphatic carbocycles. The Bertz CT molecular complexity index is 468. The van der Waals surface area contributed by atoms with Crippen molar-refractivity contribution in [3.8, 4) is 0 Å². The van der Waals surface area contributed by atoms with Crippen molar-refractivity contribution in [3.63, 3.8) is 0 Å². The highest BCUT2D eigenvalue weighted by Gasteiger charge is 2.17. The number of anilines is 1. The fourth-order valence-corrected chi connectivity index (χ4v) is 2.61. The van der Waals surface area contributed by atoms with Crippen molar-refractivity contribution in [3.05, 3.63) is 29.8 Å². The Kier molecular flexibility index (Phi) is 5.62. The van der Waals surface area contributed by atoms with Gasteiger partial charge in [0.15, 0.2) is 0 Å². The summed E-state index contributed by atoms with van der Waals surface area (Å²) in [6.45, 7) is 1.61. The Morgan fingerprint density at radius 3 is 2.76 bits per heavy atom. The standard InChI is InChI=1S/C17H26N2O2/c1-18(2)15-8-6-7-14(13-15)17(20)19(3)11-10-16-9-4-5-12-21-16/h6-8,13,16H,4-5,9-12H2,1-3H3. The molecule has 4 nitrogen and oxygen atoms in total. The molecular weight excluding hydrogens is 264 g/mol. The molecule has 2 rings (SSSR count). The average molecular weight is 290 g/mol. The van der Waals surface area contributed by atoms with E-state index in [0.717, 1.165) is 37.2 Å². The number of ether oxygens (including phenoxy) is 1. The van der Waals surface area contributed by atoms with Crippen LogP contribution < -0.4 is 4.90 Å². The van der Waals surface area contributed by atoms with Gasteiger partial charge >= 0.3 is 0 Å². The molecule has 1 aliphatic heterocycles. The highest BCUT2D eigenvalue weighted by atomic mass is 16.5. The number of hydrogen-bond acceptors (Lipinski definition) is 3. The fourth-order valence-electron chi connectivity index (χ4n) is 2.61. The van der Waals surface area contributed by atoms with Crippen molar-refractivity contribution in [1.82, 2.24) is 4.90 Å². The number of rotatable bonds is 5. The molecule has 0 N–H and O–H groups in total. The zero-order chi connectivity index (χ0) is 15.2. The van der Waals surface area contributed by atoms with E-state index in [2.05, 4.69) is 0 Å². The van der Waals surface area contributed by atoms with Gasteiger partial charge in [-0.2, -0.15) is 0 Å². The van der Waals surface area contributed by atoms with Crippen molar-refractivity contribution in [2.45, 2.75) is 31.8 Å². The quantitative estimate of drug-likeness (QED) is 0.836. The Balaban J connectivity index is 1.90. The Morgan fingerprint density at radius 2 is 2.10 bits per heavy atom. The minimum absolute atomic E-state index is 0.0782. The lowest BCUT2D eigenvalue weighted by molar-refractivity contribution is 0.00709. The van der Waals surface area contributed by atoms with Gasteiger partial charge in [-0.1, -0.05) is 6.07 Å². The molecule has 0 saturated carbocycles. The first-order chi connectivity index (χ1) is 10.1. The molecule has 0 radical (unpaired) electrons. The summed E-state index contributed by atoms with van der Waals surface area (Å²) in [5.74, 6) is 0.0782. The van der Waals surface area contributed by atoms with E-state index in [4.69, 9.17) is 4.74 Å². The second-order valence-corrected chi connectivity index (χ2v) is 5.95. The molecular formula is C17H26N2O2. The topological polar surface area (TPSA) is 32.8 Å². The van der Waals surface area contributed by atoms with E-state index in [9.17, 15) is 4.79 Å². The zero-order valence-electron chi connectivity index (χ0n) is 13.3. The first-order valence-electron chi connectivity index (χ1n) is 7.72. The van der Waals surface area contributed by atoms with Gasteiger partial charge in [0.2, 0.25) is 0 Å². The number of benzene rings is 1. The Hall–Kier alpha value is -1.55. The van der Waals surface area contributed by atoms with Gasteiger partial charge in [-0.15, -0.1) is 0 Å². The second kappa shape index (κ2) is 7.46. The van der Waals surface area contributed by atoms with Crippen LogP contribution in [-0.2, 0) is 4.74 Å². The van der Waals surface area contributed by atoms with Gasteiger partial charge in [-0.25, -0.2) is 0 Å². The van der Waals surface area contributed by atoms with E-state index in [-0.39, 0.29) is 5.91 Å². The first-order valence-corrected chi connectivity index (χ1v) is 7.72. The molecule has 0 spiro atoms. The average Bonchev–Trinajstić information content (AvgIpc) is 2.53.